The van der Waals surface area contributed by atoms with Gasteiger partial charge in [0, 0.05) is 38.6 Å². The summed E-state index contributed by atoms with van der Waals surface area (Å²) < 4.78 is 1.35. The monoisotopic (exact) mass is 580 g/mol. The van der Waals surface area contributed by atoms with Crippen LogP contribution in [0.1, 0.15) is 16.0 Å². The quantitative estimate of drug-likeness (QED) is 0.208. The molecule has 0 atom stereocenters. The van der Waals surface area contributed by atoms with Gasteiger partial charge in [-0.2, -0.15) is 0 Å². The van der Waals surface area contributed by atoms with E-state index in [2.05, 4.69) is 162 Å². The maximum absolute atomic E-state index is 3.69. The molecule has 0 fully saturated rings. The summed E-state index contributed by atoms with van der Waals surface area (Å²) in [6.07, 6.45) is 2.31. The summed E-state index contributed by atoms with van der Waals surface area (Å²) >= 11 is 1.88. The van der Waals surface area contributed by atoms with Gasteiger partial charge in [-0.1, -0.05) is 109 Å². The lowest BCUT2D eigenvalue weighted by Crippen LogP contribution is -2.16. The van der Waals surface area contributed by atoms with Crippen molar-refractivity contribution in [3.8, 4) is 0 Å². The van der Waals surface area contributed by atoms with Gasteiger partial charge < -0.3 is 10.2 Å². The first kappa shape index (κ1) is 25.1. The number of fused-ring (bicyclic) bond motifs is 8. The topological polar surface area (TPSA) is 15.3 Å². The number of benzene rings is 7. The second-order valence-corrected chi connectivity index (χ2v) is 12.5. The van der Waals surface area contributed by atoms with Crippen LogP contribution in [0, 0.1) is 0 Å². The molecule has 0 bridgehead atoms. The molecule has 0 unspecified atom stereocenters. The fraction of sp³-hybridized carbons (Fsp3) is 0.0244. The van der Waals surface area contributed by atoms with E-state index in [0.29, 0.717) is 0 Å². The first-order valence-electron chi connectivity index (χ1n) is 15.1. The smallest absolute Gasteiger partial charge is 0.0546 e. The van der Waals surface area contributed by atoms with E-state index in [0.717, 1.165) is 17.9 Å². The van der Waals surface area contributed by atoms with Crippen molar-refractivity contribution in [3.63, 3.8) is 0 Å². The van der Waals surface area contributed by atoms with Crippen LogP contribution in [0.15, 0.2) is 146 Å². The third-order valence-corrected chi connectivity index (χ3v) is 10.0. The first-order chi connectivity index (χ1) is 21.8. The predicted molar refractivity (Wildman–Crippen MR) is 190 cm³/mol. The van der Waals surface area contributed by atoms with Gasteiger partial charge in [0.15, 0.2) is 0 Å². The van der Waals surface area contributed by atoms with Crippen molar-refractivity contribution < 1.29 is 0 Å². The second kappa shape index (κ2) is 10.1. The Balaban J connectivity index is 1.19. The minimum absolute atomic E-state index is 0.848. The van der Waals surface area contributed by atoms with Gasteiger partial charge in [0.2, 0.25) is 0 Å². The molecule has 0 aliphatic carbocycles. The van der Waals surface area contributed by atoms with Crippen molar-refractivity contribution in [3.05, 3.63) is 162 Å². The normalized spacial score (nSPS) is 12.8. The van der Waals surface area contributed by atoms with Crippen LogP contribution >= 0.6 is 11.3 Å². The first-order valence-corrected chi connectivity index (χ1v) is 15.9. The molecule has 1 aromatic heterocycles. The lowest BCUT2D eigenvalue weighted by Gasteiger charge is -2.28. The van der Waals surface area contributed by atoms with Gasteiger partial charge in [-0.15, -0.1) is 11.3 Å². The van der Waals surface area contributed by atoms with Gasteiger partial charge >= 0.3 is 0 Å². The fourth-order valence-corrected chi connectivity index (χ4v) is 7.97. The number of anilines is 3. The van der Waals surface area contributed by atoms with E-state index in [1.165, 1.54) is 69.8 Å². The molecule has 1 aliphatic heterocycles. The Hall–Kier alpha value is -5.38. The summed E-state index contributed by atoms with van der Waals surface area (Å²) in [7, 11) is 0. The van der Waals surface area contributed by atoms with Gasteiger partial charge in [0.1, 0.15) is 0 Å². The molecule has 208 valence electrons. The molecule has 1 aliphatic rings. The Bertz CT molecular complexity index is 2380. The summed E-state index contributed by atoms with van der Waals surface area (Å²) in [5.41, 5.74) is 7.20. The molecule has 0 radical (unpaired) electrons. The number of thiophene rings is 1. The lowest BCUT2D eigenvalue weighted by molar-refractivity contribution is 0.892. The lowest BCUT2D eigenvalue weighted by atomic mass is 9.94. The van der Waals surface area contributed by atoms with E-state index in [4.69, 9.17) is 0 Å². The van der Waals surface area contributed by atoms with Crippen LogP contribution in [0.2, 0.25) is 0 Å². The highest BCUT2D eigenvalue weighted by Gasteiger charge is 2.20. The summed E-state index contributed by atoms with van der Waals surface area (Å²) in [5.74, 6) is 0. The molecule has 9 rings (SSSR count). The van der Waals surface area contributed by atoms with Crippen LogP contribution in [-0.2, 0) is 6.54 Å². The number of nitrogens with one attached hydrogen (secondary N) is 1. The molecule has 0 saturated heterocycles. The average Bonchev–Trinajstić information content (AvgIpc) is 3.47. The van der Waals surface area contributed by atoms with Crippen LogP contribution < -0.4 is 10.2 Å². The molecule has 8 aromatic rings. The molecule has 1 N–H and O–H groups in total. The molecule has 0 spiro atoms. The third-order valence-electron chi connectivity index (χ3n) is 8.88. The van der Waals surface area contributed by atoms with E-state index < -0.39 is 0 Å². The number of para-hydroxylation sites is 1. The van der Waals surface area contributed by atoms with E-state index in [9.17, 15) is 0 Å². The molecular weight excluding hydrogens is 553 g/mol. The molecule has 44 heavy (non-hydrogen) atoms. The largest absolute Gasteiger partial charge is 0.380 e. The molecule has 7 aromatic carbocycles. The number of rotatable bonds is 4. The van der Waals surface area contributed by atoms with Gasteiger partial charge in [-0.3, -0.25) is 0 Å². The van der Waals surface area contributed by atoms with Crippen LogP contribution in [0.5, 0.6) is 0 Å². The highest BCUT2D eigenvalue weighted by molar-refractivity contribution is 7.20. The summed E-state index contributed by atoms with van der Waals surface area (Å²) in [4.78, 5) is 3.75. The molecule has 2 heterocycles. The van der Waals surface area contributed by atoms with Gasteiger partial charge in [-0.25, -0.2) is 0 Å². The van der Waals surface area contributed by atoms with Crippen LogP contribution in [0.4, 0.5) is 17.1 Å². The summed E-state index contributed by atoms with van der Waals surface area (Å²) in [6.45, 7) is 0.848. The Morgan fingerprint density at radius 1 is 0.545 bits per heavy atom. The SMILES string of the molecule is C1=C(c2ccc(N(c3ccccc3)c3cc4ccc5ccccc5c4c4ccccc34)cc2)NCc2c1sc1ccccc21. The number of nitrogens with zero attached hydrogens (tertiary/aromatic N) is 1. The molecule has 2 nitrogen and oxygen atoms in total. The van der Waals surface area contributed by atoms with Crippen LogP contribution in [0.3, 0.4) is 0 Å². The fourth-order valence-electron chi connectivity index (χ4n) is 6.81. The van der Waals surface area contributed by atoms with Crippen molar-refractivity contribution in [1.82, 2.24) is 5.32 Å². The van der Waals surface area contributed by atoms with Gasteiger partial charge in [0.25, 0.3) is 0 Å². The van der Waals surface area contributed by atoms with Crippen molar-refractivity contribution >= 4 is 82.6 Å². The van der Waals surface area contributed by atoms with Crippen LogP contribution in [0.25, 0.3) is 54.2 Å². The Kier molecular flexibility index (Phi) is 5.78. The second-order valence-electron chi connectivity index (χ2n) is 11.4. The highest BCUT2D eigenvalue weighted by Crippen LogP contribution is 2.44. The van der Waals surface area contributed by atoms with E-state index >= 15 is 0 Å². The van der Waals surface area contributed by atoms with E-state index in [-0.39, 0.29) is 0 Å². The molecule has 0 saturated carbocycles. The molecule has 3 heteroatoms. The number of hydrogen-bond acceptors (Lipinski definition) is 3. The molecular formula is C41H28N2S. The van der Waals surface area contributed by atoms with Crippen molar-refractivity contribution in [2.24, 2.45) is 0 Å². The highest BCUT2D eigenvalue weighted by atomic mass is 32.1. The van der Waals surface area contributed by atoms with E-state index in [1.54, 1.807) is 0 Å². The summed E-state index contributed by atoms with van der Waals surface area (Å²) in [5, 5.41) is 12.7. The standard InChI is InChI=1S/C41H28N2S/c1-2-11-30(12-3-1)43(38-24-29-19-18-27-10-4-5-13-32(27)41(29)35-16-7-6-14-33(35)38)31-22-20-28(21-23-31)37-25-40-36(26-42-37)34-15-8-9-17-39(34)44-40/h1-25,42H,26H2. The number of hydrogen-bond donors (Lipinski definition) is 1. The van der Waals surface area contributed by atoms with Crippen LogP contribution in [-0.4, -0.2) is 0 Å². The Labute approximate surface area is 260 Å². The Morgan fingerprint density at radius 3 is 2.05 bits per heavy atom. The van der Waals surface area contributed by atoms with Crippen molar-refractivity contribution in [2.75, 3.05) is 4.90 Å². The minimum Gasteiger partial charge on any atom is -0.380 e. The predicted octanol–water partition coefficient (Wildman–Crippen LogP) is 11.4. The van der Waals surface area contributed by atoms with Gasteiger partial charge in [0.05, 0.1) is 5.69 Å². The Morgan fingerprint density at radius 2 is 1.20 bits per heavy atom. The maximum Gasteiger partial charge on any atom is 0.0546 e. The van der Waals surface area contributed by atoms with Crippen molar-refractivity contribution in [1.29, 1.82) is 0 Å². The van der Waals surface area contributed by atoms with E-state index in [1.807, 2.05) is 11.3 Å². The zero-order valence-electron chi connectivity index (χ0n) is 24.0. The zero-order chi connectivity index (χ0) is 29.0. The maximum atomic E-state index is 3.69. The summed E-state index contributed by atoms with van der Waals surface area (Å²) in [6, 6.07) is 52.8. The minimum atomic E-state index is 0.848. The van der Waals surface area contributed by atoms with Gasteiger partial charge in [-0.05, 0) is 85.9 Å². The third kappa shape index (κ3) is 4.01. The molecule has 0 amide bonds. The van der Waals surface area contributed by atoms with Crippen molar-refractivity contribution in [2.45, 2.75) is 6.54 Å². The zero-order valence-corrected chi connectivity index (χ0v) is 24.8. The average molecular weight is 581 g/mol.